The standard InChI is InChI=1S/C50H58F10N10O8/c1-47(2,49(55,56)57)40(63-45(74)76-5)42(72)62-37(15-26-7-9-27(10-8-26)28-11-12-39(61-19-28)69-21-30-18-31(69)20-68(30)32-24-78-25-32)38(71)23-67(66-43(73)41(64-46(75)77-6)48(3,4)50(58,59)60)22-33-34(51)16-29(17-35(33)52)36-13-14-70(65-36)44(53)54/h7-14,16-17,19,30-32,37-38,40-41,44,71H,15,18,20-25H2,1-6H3,(H,62,72)(H,63,74)(H,64,75)(H,66,73)/t30-,31-,37-,38-,40+,41+/m0/s1. The molecule has 2 bridgehead atoms. The van der Waals surface area contributed by atoms with Gasteiger partial charge in [0, 0.05) is 67.3 Å². The molecule has 4 aromatic rings. The number of hydrogen-bond donors (Lipinski definition) is 5. The smallest absolute Gasteiger partial charge is 0.407 e. The molecule has 2 aromatic heterocycles. The molecule has 3 aliphatic rings. The quantitative estimate of drug-likeness (QED) is 0.0475. The van der Waals surface area contributed by atoms with Gasteiger partial charge in [0.05, 0.1) is 62.1 Å². The fourth-order valence-corrected chi connectivity index (χ4v) is 9.45. The van der Waals surface area contributed by atoms with Crippen molar-refractivity contribution in [2.75, 3.05) is 52.0 Å². The summed E-state index contributed by atoms with van der Waals surface area (Å²) in [6.45, 7) is 0.0804. The molecule has 4 amide bonds. The summed E-state index contributed by atoms with van der Waals surface area (Å²) in [6.07, 6.45) is -12.4. The lowest BCUT2D eigenvalue weighted by Crippen LogP contribution is -2.63. The molecule has 3 aliphatic heterocycles. The number of carbonyl (C=O) groups excluding carboxylic acids is 4. The maximum absolute atomic E-state index is 16.0. The first-order valence-corrected chi connectivity index (χ1v) is 24.4. The monoisotopic (exact) mass is 1120 g/mol. The molecule has 18 nitrogen and oxygen atoms in total. The zero-order valence-corrected chi connectivity index (χ0v) is 42.9. The Hall–Kier alpha value is -6.78. The molecule has 0 unspecified atom stereocenters. The highest BCUT2D eigenvalue weighted by Crippen LogP contribution is 2.42. The predicted molar refractivity (Wildman–Crippen MR) is 258 cm³/mol. The second-order valence-electron chi connectivity index (χ2n) is 20.4. The van der Waals surface area contributed by atoms with Gasteiger partial charge in [0.15, 0.2) is 0 Å². The fourth-order valence-electron chi connectivity index (χ4n) is 9.45. The summed E-state index contributed by atoms with van der Waals surface area (Å²) >= 11 is 0. The first-order valence-electron chi connectivity index (χ1n) is 24.4. The molecule has 0 radical (unpaired) electrons. The van der Waals surface area contributed by atoms with Gasteiger partial charge in [-0.3, -0.25) is 19.9 Å². The Morgan fingerprint density at radius 2 is 1.35 bits per heavy atom. The summed E-state index contributed by atoms with van der Waals surface area (Å²) in [5.41, 5.74) is -4.04. The fraction of sp³-hybridized carbons (Fsp3) is 0.520. The number of hydrazine groups is 1. The van der Waals surface area contributed by atoms with Crippen LogP contribution in [0.15, 0.2) is 67.0 Å². The molecule has 2 aromatic carbocycles. The second kappa shape index (κ2) is 23.3. The average Bonchev–Trinajstić information content (AvgIpc) is 4.13. The van der Waals surface area contributed by atoms with E-state index in [1.807, 2.05) is 22.9 Å². The maximum Gasteiger partial charge on any atom is 0.407 e. The number of rotatable bonds is 20. The van der Waals surface area contributed by atoms with Crippen molar-refractivity contribution < 1.29 is 82.4 Å². The van der Waals surface area contributed by atoms with E-state index < -0.39 is 115 Å². The van der Waals surface area contributed by atoms with Crippen LogP contribution in [0.5, 0.6) is 0 Å². The molecule has 3 fully saturated rings. The van der Waals surface area contributed by atoms with Crippen molar-refractivity contribution in [2.45, 2.75) is 108 Å². The highest BCUT2D eigenvalue weighted by Gasteiger charge is 2.57. The summed E-state index contributed by atoms with van der Waals surface area (Å²) < 4.78 is 160. The molecule has 7 rings (SSSR count). The number of methoxy groups -OCH3 is 2. The number of aliphatic hydroxyl groups is 1. The molecule has 5 heterocycles. The number of alkyl carbamates (subject to hydrolysis) is 2. The minimum absolute atomic E-state index is 0.202. The van der Waals surface area contributed by atoms with Crippen LogP contribution in [-0.4, -0.2) is 156 Å². The van der Waals surface area contributed by atoms with E-state index in [1.165, 1.54) is 0 Å². The molecular formula is C50H58F10N10O8. The van der Waals surface area contributed by atoms with E-state index in [0.717, 1.165) is 65.0 Å². The van der Waals surface area contributed by atoms with Crippen LogP contribution in [0.25, 0.3) is 22.4 Å². The maximum atomic E-state index is 16.0. The topological polar surface area (TPSA) is 205 Å². The number of halogens is 10. The molecule has 5 N–H and O–H groups in total. The van der Waals surface area contributed by atoms with Gasteiger partial charge in [-0.05, 0) is 82.0 Å². The molecular weight excluding hydrogens is 1060 g/mol. The van der Waals surface area contributed by atoms with Gasteiger partial charge in [0.2, 0.25) is 5.91 Å². The van der Waals surface area contributed by atoms with Crippen molar-refractivity contribution >= 4 is 29.8 Å². The largest absolute Gasteiger partial charge is 0.453 e. The zero-order chi connectivity index (χ0) is 57.2. The van der Waals surface area contributed by atoms with E-state index in [0.29, 0.717) is 79.7 Å². The number of hydrogen-bond acceptors (Lipinski definition) is 13. The normalized spacial score (nSPS) is 18.8. The van der Waals surface area contributed by atoms with Crippen molar-refractivity contribution in [3.8, 4) is 22.4 Å². The van der Waals surface area contributed by atoms with E-state index in [2.05, 4.69) is 29.7 Å². The minimum Gasteiger partial charge on any atom is -0.453 e. The Morgan fingerprint density at radius 3 is 1.82 bits per heavy atom. The SMILES string of the molecule is COC(=O)N[C@H](C(=O)N[C@@H](Cc1ccc(-c2ccc(N3C[C@@H]4C[C@H]3CN4C3COC3)nc2)cc1)[C@@H](O)CN(Cc1c(F)cc(-c2ccn(C(F)F)n2)cc1F)NC(=O)[C@@H](NC(=O)OC)C(C)(C)C(F)(F)F)C(C)(C)C(F)(F)F. The summed E-state index contributed by atoms with van der Waals surface area (Å²) in [5.74, 6) is -5.25. The number of anilines is 1. The Kier molecular flexibility index (Phi) is 17.6. The number of nitrogens with one attached hydrogen (secondary N) is 4. The van der Waals surface area contributed by atoms with Gasteiger partial charge in [-0.25, -0.2) is 33.0 Å². The van der Waals surface area contributed by atoms with Crippen molar-refractivity contribution in [1.29, 1.82) is 0 Å². The number of aliphatic hydroxyl groups excluding tert-OH is 1. The van der Waals surface area contributed by atoms with E-state index in [9.17, 15) is 59.4 Å². The predicted octanol–water partition coefficient (Wildman–Crippen LogP) is 6.49. The van der Waals surface area contributed by atoms with Crippen LogP contribution in [0.3, 0.4) is 0 Å². The van der Waals surface area contributed by atoms with Gasteiger partial charge in [-0.2, -0.15) is 40.2 Å². The number of likely N-dealkylation sites (tertiary alicyclic amines) is 1. The number of benzene rings is 2. The minimum atomic E-state index is -5.23. The molecule has 6 atom stereocenters. The van der Waals surface area contributed by atoms with Crippen molar-refractivity contribution in [3.63, 3.8) is 0 Å². The molecule has 426 valence electrons. The van der Waals surface area contributed by atoms with E-state index in [-0.39, 0.29) is 15.9 Å². The zero-order valence-electron chi connectivity index (χ0n) is 42.9. The third-order valence-electron chi connectivity index (χ3n) is 14.5. The third kappa shape index (κ3) is 12.9. The first kappa shape index (κ1) is 58.9. The average molecular weight is 1120 g/mol. The Bertz CT molecular complexity index is 2760. The molecule has 0 aliphatic carbocycles. The van der Waals surface area contributed by atoms with E-state index in [4.69, 9.17) is 9.72 Å². The van der Waals surface area contributed by atoms with Crippen LogP contribution in [0.2, 0.25) is 0 Å². The Balaban J connectivity index is 1.20. The van der Waals surface area contributed by atoms with Crippen LogP contribution in [0.4, 0.5) is 59.3 Å². The number of nitrogens with zero attached hydrogens (tertiary/aromatic N) is 6. The molecule has 0 spiro atoms. The number of piperazine rings is 1. The van der Waals surface area contributed by atoms with Gasteiger partial charge < -0.3 is 40.2 Å². The molecule has 0 saturated carbocycles. The van der Waals surface area contributed by atoms with Crippen molar-refractivity contribution in [3.05, 3.63) is 89.8 Å². The second-order valence-corrected chi connectivity index (χ2v) is 20.4. The number of pyridine rings is 1. The first-order chi connectivity index (χ1) is 36.5. The summed E-state index contributed by atoms with van der Waals surface area (Å²) in [7, 11) is 1.61. The van der Waals surface area contributed by atoms with Gasteiger partial charge in [-0.1, -0.05) is 24.3 Å². The van der Waals surface area contributed by atoms with Crippen molar-refractivity contribution in [1.82, 2.24) is 46.0 Å². The third-order valence-corrected chi connectivity index (χ3v) is 14.5. The highest BCUT2D eigenvalue weighted by atomic mass is 19.4. The lowest BCUT2D eigenvalue weighted by molar-refractivity contribution is -0.221. The van der Waals surface area contributed by atoms with E-state index >= 15 is 8.78 Å². The van der Waals surface area contributed by atoms with Crippen LogP contribution >= 0.6 is 0 Å². The molecule has 28 heteroatoms. The van der Waals surface area contributed by atoms with Crippen LogP contribution in [0, 0.1) is 22.5 Å². The summed E-state index contributed by atoms with van der Waals surface area (Å²) in [4.78, 5) is 62.4. The lowest BCUT2D eigenvalue weighted by atomic mass is 9.82. The number of ether oxygens (including phenoxy) is 3. The van der Waals surface area contributed by atoms with Gasteiger partial charge in [0.1, 0.15) is 29.5 Å². The Morgan fingerprint density at radius 1 is 0.769 bits per heavy atom. The van der Waals surface area contributed by atoms with Gasteiger partial charge in [0.25, 0.3) is 5.91 Å². The van der Waals surface area contributed by atoms with Crippen molar-refractivity contribution in [2.24, 2.45) is 10.8 Å². The summed E-state index contributed by atoms with van der Waals surface area (Å²) in [6, 6.07) is 6.88. The number of fused-ring (bicyclic) bond motifs is 2. The number of carbonyl (C=O) groups is 4. The number of alkyl halides is 8. The Labute approximate surface area is 440 Å². The van der Waals surface area contributed by atoms with Crippen LogP contribution in [0.1, 0.15) is 51.8 Å². The van der Waals surface area contributed by atoms with Gasteiger partial charge >= 0.3 is 31.1 Å². The lowest BCUT2D eigenvalue weighted by Gasteiger charge is -2.42. The number of amides is 4. The highest BCUT2D eigenvalue weighted by molar-refractivity contribution is 5.87. The molecule has 78 heavy (non-hydrogen) atoms. The summed E-state index contributed by atoms with van der Waals surface area (Å²) in [5, 5.41) is 22.1. The van der Waals surface area contributed by atoms with Crippen LogP contribution in [-0.2, 0) is 36.8 Å². The number of aromatic nitrogens is 3. The van der Waals surface area contributed by atoms with Gasteiger partial charge in [-0.15, -0.1) is 0 Å². The molecule has 3 saturated heterocycles. The van der Waals surface area contributed by atoms with E-state index in [1.54, 1.807) is 35.8 Å². The van der Waals surface area contributed by atoms with Crippen LogP contribution < -0.4 is 26.3 Å².